The molecule has 0 N–H and O–H groups in total. The van der Waals surface area contributed by atoms with E-state index in [0.717, 1.165) is 83.2 Å². The Morgan fingerprint density at radius 3 is 1.69 bits per heavy atom. The molecule has 4 heteroatoms. The first kappa shape index (κ1) is 36.5. The third-order valence-electron chi connectivity index (χ3n) is 12.7. The first-order chi connectivity index (χ1) is 31.7. The summed E-state index contributed by atoms with van der Waals surface area (Å²) in [6.45, 7) is 0. The van der Waals surface area contributed by atoms with Crippen molar-refractivity contribution in [3.63, 3.8) is 0 Å². The number of hydrogen-bond acceptors (Lipinski definition) is 4. The van der Waals surface area contributed by atoms with Crippen LogP contribution in [0.15, 0.2) is 233 Å². The van der Waals surface area contributed by atoms with Gasteiger partial charge in [-0.05, 0) is 112 Å². The lowest BCUT2D eigenvalue weighted by atomic mass is 9.94. The smallest absolute Gasteiger partial charge is 0.145 e. The van der Waals surface area contributed by atoms with Crippen LogP contribution in [0.25, 0.3) is 109 Å². The molecule has 3 nitrogen and oxygen atoms in total. The maximum absolute atomic E-state index is 7.09. The predicted molar refractivity (Wildman–Crippen MR) is 270 cm³/mol. The Balaban J connectivity index is 1.12. The number of furan rings is 2. The molecule has 3 aromatic heterocycles. The molecule has 3 heterocycles. The van der Waals surface area contributed by atoms with Crippen LogP contribution in [0.3, 0.4) is 0 Å². The Bertz CT molecular complexity index is 3890. The lowest BCUT2D eigenvalue weighted by Crippen LogP contribution is -2.11. The summed E-state index contributed by atoms with van der Waals surface area (Å²) >= 11 is 1.85. The summed E-state index contributed by atoms with van der Waals surface area (Å²) in [5.74, 6) is 0. The van der Waals surface area contributed by atoms with Crippen molar-refractivity contribution in [2.45, 2.75) is 0 Å². The fourth-order valence-corrected chi connectivity index (χ4v) is 10.9. The SMILES string of the molecule is c1ccc(-c2ccc3c(c2)oc2c(-c4ccccc4)ccc(N(c4ccc5sc6cc(-c7ccccc7)cc(-c7ccccc7)c6c5c4)c4cccc5oc6ccccc6c45)c23)cc1. The molecule has 10 aromatic carbocycles. The number of thiophene rings is 1. The van der Waals surface area contributed by atoms with Crippen molar-refractivity contribution in [3.05, 3.63) is 224 Å². The minimum atomic E-state index is 0.840. The largest absolute Gasteiger partial charge is 0.456 e. The molecule has 0 aliphatic heterocycles. The summed E-state index contributed by atoms with van der Waals surface area (Å²) in [7, 11) is 0. The number of nitrogens with zero attached hydrogens (tertiary/aromatic N) is 1. The highest BCUT2D eigenvalue weighted by Gasteiger charge is 2.26. The third kappa shape index (κ3) is 5.88. The van der Waals surface area contributed by atoms with Crippen LogP contribution in [0.1, 0.15) is 0 Å². The fraction of sp³-hybridized carbons (Fsp3) is 0. The first-order valence-electron chi connectivity index (χ1n) is 21.7. The molecule has 64 heavy (non-hydrogen) atoms. The minimum absolute atomic E-state index is 0.840. The second-order valence-electron chi connectivity index (χ2n) is 16.4. The molecule has 0 aliphatic carbocycles. The Morgan fingerprint density at radius 2 is 0.938 bits per heavy atom. The molecule has 0 aliphatic rings. The highest BCUT2D eigenvalue weighted by atomic mass is 32.1. The van der Waals surface area contributed by atoms with E-state index < -0.39 is 0 Å². The maximum Gasteiger partial charge on any atom is 0.145 e. The van der Waals surface area contributed by atoms with Gasteiger partial charge < -0.3 is 13.7 Å². The van der Waals surface area contributed by atoms with Crippen LogP contribution in [-0.2, 0) is 0 Å². The zero-order valence-electron chi connectivity index (χ0n) is 34.5. The van der Waals surface area contributed by atoms with Crippen LogP contribution < -0.4 is 4.90 Å². The van der Waals surface area contributed by atoms with Gasteiger partial charge in [-0.3, -0.25) is 0 Å². The van der Waals surface area contributed by atoms with E-state index in [4.69, 9.17) is 8.83 Å². The minimum Gasteiger partial charge on any atom is -0.456 e. The summed E-state index contributed by atoms with van der Waals surface area (Å²) in [4.78, 5) is 2.44. The molecule has 0 amide bonds. The van der Waals surface area contributed by atoms with Gasteiger partial charge in [0.2, 0.25) is 0 Å². The summed E-state index contributed by atoms with van der Waals surface area (Å²) in [6, 6.07) is 80.3. The van der Waals surface area contributed by atoms with Crippen molar-refractivity contribution in [2.24, 2.45) is 0 Å². The summed E-state index contributed by atoms with van der Waals surface area (Å²) in [6.07, 6.45) is 0. The molecule has 0 saturated carbocycles. The molecule has 0 spiro atoms. The van der Waals surface area contributed by atoms with E-state index in [1.165, 1.54) is 42.4 Å². The molecule has 13 aromatic rings. The zero-order chi connectivity index (χ0) is 42.1. The van der Waals surface area contributed by atoms with Crippen molar-refractivity contribution >= 4 is 92.4 Å². The molecule has 0 unspecified atom stereocenters. The topological polar surface area (TPSA) is 29.5 Å². The quantitative estimate of drug-likeness (QED) is 0.160. The maximum atomic E-state index is 7.09. The molecule has 0 fully saturated rings. The number of rotatable bonds is 7. The van der Waals surface area contributed by atoms with Gasteiger partial charge in [-0.15, -0.1) is 11.3 Å². The average molecular weight is 836 g/mol. The molecular formula is C60H37NO2S. The fourth-order valence-electron chi connectivity index (χ4n) is 9.73. The lowest BCUT2D eigenvalue weighted by molar-refractivity contribution is 0.669. The van der Waals surface area contributed by atoms with Crippen LogP contribution >= 0.6 is 11.3 Å². The average Bonchev–Trinajstić information content (AvgIpc) is 4.06. The van der Waals surface area contributed by atoms with Gasteiger partial charge in [0.05, 0.1) is 22.1 Å². The van der Waals surface area contributed by atoms with Crippen LogP contribution in [0.2, 0.25) is 0 Å². The van der Waals surface area contributed by atoms with Gasteiger partial charge in [-0.1, -0.05) is 152 Å². The van der Waals surface area contributed by atoms with Crippen LogP contribution in [0.5, 0.6) is 0 Å². The van der Waals surface area contributed by atoms with E-state index in [9.17, 15) is 0 Å². The predicted octanol–water partition coefficient (Wildman–Crippen LogP) is 18.0. The van der Waals surface area contributed by atoms with Gasteiger partial charge in [0, 0.05) is 42.2 Å². The normalized spacial score (nSPS) is 11.8. The Hall–Kier alpha value is -8.18. The second-order valence-corrected chi connectivity index (χ2v) is 17.5. The van der Waals surface area contributed by atoms with Crippen LogP contribution in [0, 0.1) is 0 Å². The van der Waals surface area contributed by atoms with Gasteiger partial charge >= 0.3 is 0 Å². The number of benzene rings is 10. The summed E-state index contributed by atoms with van der Waals surface area (Å²) in [5.41, 5.74) is 15.7. The Kier molecular flexibility index (Phi) is 8.40. The number of fused-ring (bicyclic) bond motifs is 9. The lowest BCUT2D eigenvalue weighted by Gasteiger charge is -2.27. The van der Waals surface area contributed by atoms with Crippen LogP contribution in [-0.4, -0.2) is 0 Å². The Labute approximate surface area is 373 Å². The molecule has 0 bridgehead atoms. The van der Waals surface area contributed by atoms with Gasteiger partial charge in [0.25, 0.3) is 0 Å². The number of para-hydroxylation sites is 1. The summed E-state index contributed by atoms with van der Waals surface area (Å²) in [5, 5.41) is 6.71. The molecular weight excluding hydrogens is 799 g/mol. The van der Waals surface area contributed by atoms with E-state index in [1.54, 1.807) is 0 Å². The van der Waals surface area contributed by atoms with Gasteiger partial charge in [-0.2, -0.15) is 0 Å². The highest BCUT2D eigenvalue weighted by molar-refractivity contribution is 7.26. The van der Waals surface area contributed by atoms with Gasteiger partial charge in [0.15, 0.2) is 0 Å². The Morgan fingerprint density at radius 1 is 0.312 bits per heavy atom. The second kappa shape index (κ2) is 14.7. The number of anilines is 3. The highest BCUT2D eigenvalue weighted by Crippen LogP contribution is 2.51. The molecule has 0 atom stereocenters. The standard InChI is InChI=1S/C60H37NO2S/c1-5-16-38(17-6-1)42-28-30-47-54(35-42)63-60-45(40-20-9-3-10-21-40)31-32-51(59(47)60)61(50-25-15-27-53-58(50)46-24-13-14-26-52(46)62-53)44-29-33-55-49(37-44)57-48(41-22-11-4-12-23-41)34-43(36-56(57)64-55)39-18-7-2-8-19-39/h1-37H. The third-order valence-corrected chi connectivity index (χ3v) is 13.8. The number of hydrogen-bond donors (Lipinski definition) is 0. The van der Waals surface area contributed by atoms with Crippen molar-refractivity contribution in [1.82, 2.24) is 0 Å². The molecule has 0 radical (unpaired) electrons. The zero-order valence-corrected chi connectivity index (χ0v) is 35.4. The van der Waals surface area contributed by atoms with E-state index in [-0.39, 0.29) is 0 Å². The van der Waals surface area contributed by atoms with Crippen molar-refractivity contribution in [1.29, 1.82) is 0 Å². The van der Waals surface area contributed by atoms with Gasteiger partial charge in [-0.25, -0.2) is 0 Å². The van der Waals surface area contributed by atoms with Gasteiger partial charge in [0.1, 0.15) is 22.3 Å². The van der Waals surface area contributed by atoms with Crippen LogP contribution in [0.4, 0.5) is 17.1 Å². The van der Waals surface area contributed by atoms with E-state index >= 15 is 0 Å². The molecule has 300 valence electrons. The first-order valence-corrected chi connectivity index (χ1v) is 22.5. The van der Waals surface area contributed by atoms with Crippen molar-refractivity contribution < 1.29 is 8.83 Å². The van der Waals surface area contributed by atoms with Crippen molar-refractivity contribution in [2.75, 3.05) is 4.90 Å². The van der Waals surface area contributed by atoms with Crippen molar-refractivity contribution in [3.8, 4) is 44.5 Å². The summed E-state index contributed by atoms with van der Waals surface area (Å²) < 4.78 is 16.2. The van der Waals surface area contributed by atoms with E-state index in [0.29, 0.717) is 0 Å². The molecule has 0 saturated heterocycles. The van der Waals surface area contributed by atoms with E-state index in [2.05, 4.69) is 223 Å². The monoisotopic (exact) mass is 835 g/mol. The van der Waals surface area contributed by atoms with E-state index in [1.807, 2.05) is 17.4 Å². The molecule has 13 rings (SSSR count).